The Morgan fingerprint density at radius 2 is 2.31 bits per heavy atom. The van der Waals surface area contributed by atoms with E-state index in [-0.39, 0.29) is 0 Å². The highest BCUT2D eigenvalue weighted by atomic mass is 16.3. The molecule has 1 aromatic rings. The summed E-state index contributed by atoms with van der Waals surface area (Å²) in [6.45, 7) is 5.15. The van der Waals surface area contributed by atoms with Crippen molar-refractivity contribution in [3.8, 4) is 0 Å². The third-order valence-electron chi connectivity index (χ3n) is 3.97. The zero-order valence-electron chi connectivity index (χ0n) is 10.3. The molecule has 0 aromatic carbocycles. The summed E-state index contributed by atoms with van der Waals surface area (Å²) in [7, 11) is 0. The van der Waals surface area contributed by atoms with Gasteiger partial charge in [-0.2, -0.15) is 0 Å². The van der Waals surface area contributed by atoms with Gasteiger partial charge in [-0.1, -0.05) is 26.2 Å². The lowest BCUT2D eigenvalue weighted by Gasteiger charge is -2.39. The number of aliphatic hydroxyl groups is 1. The molecule has 1 N–H and O–H groups in total. The minimum atomic E-state index is -0.688. The normalized spacial score (nSPS) is 30.6. The molecule has 2 rings (SSSR count). The topological polar surface area (TPSA) is 38.1 Å². The first-order chi connectivity index (χ1) is 7.72. The van der Waals surface area contributed by atoms with E-state index in [0.717, 1.165) is 38.1 Å². The van der Waals surface area contributed by atoms with Gasteiger partial charge < -0.3 is 9.67 Å². The Balaban J connectivity index is 2.34. The van der Waals surface area contributed by atoms with Crippen molar-refractivity contribution in [2.75, 3.05) is 0 Å². The SMILES string of the molecule is CCC1CCCCC1(O)c1nccn1CC. The van der Waals surface area contributed by atoms with Crippen molar-refractivity contribution in [1.82, 2.24) is 9.55 Å². The largest absolute Gasteiger partial charge is 0.382 e. The molecule has 1 aliphatic carbocycles. The summed E-state index contributed by atoms with van der Waals surface area (Å²) in [6.07, 6.45) is 9.16. The van der Waals surface area contributed by atoms with E-state index in [1.165, 1.54) is 6.42 Å². The van der Waals surface area contributed by atoms with Crippen molar-refractivity contribution in [3.63, 3.8) is 0 Å². The number of imidazole rings is 1. The van der Waals surface area contributed by atoms with Crippen LogP contribution in [0.1, 0.15) is 51.8 Å². The van der Waals surface area contributed by atoms with Gasteiger partial charge in [0.25, 0.3) is 0 Å². The van der Waals surface area contributed by atoms with Gasteiger partial charge in [0.2, 0.25) is 0 Å². The first-order valence-corrected chi connectivity index (χ1v) is 6.46. The Kier molecular flexibility index (Phi) is 3.33. The minimum Gasteiger partial charge on any atom is -0.382 e. The molecule has 0 amide bonds. The quantitative estimate of drug-likeness (QED) is 0.854. The van der Waals surface area contributed by atoms with Crippen molar-refractivity contribution in [2.24, 2.45) is 5.92 Å². The van der Waals surface area contributed by atoms with Crippen LogP contribution in [0.4, 0.5) is 0 Å². The number of rotatable bonds is 3. The molecule has 1 aliphatic rings. The van der Waals surface area contributed by atoms with Gasteiger partial charge >= 0.3 is 0 Å². The summed E-state index contributed by atoms with van der Waals surface area (Å²) >= 11 is 0. The molecule has 0 aliphatic heterocycles. The third kappa shape index (κ3) is 1.77. The molecule has 16 heavy (non-hydrogen) atoms. The van der Waals surface area contributed by atoms with Crippen molar-refractivity contribution in [3.05, 3.63) is 18.2 Å². The van der Waals surface area contributed by atoms with E-state index in [0.29, 0.717) is 5.92 Å². The van der Waals surface area contributed by atoms with Gasteiger partial charge in [0.1, 0.15) is 11.4 Å². The van der Waals surface area contributed by atoms with Crippen LogP contribution in [0.2, 0.25) is 0 Å². The smallest absolute Gasteiger partial charge is 0.141 e. The van der Waals surface area contributed by atoms with Crippen LogP contribution in [0, 0.1) is 5.92 Å². The summed E-state index contributed by atoms with van der Waals surface area (Å²) in [6, 6.07) is 0. The zero-order valence-corrected chi connectivity index (χ0v) is 10.3. The molecule has 1 saturated carbocycles. The fourth-order valence-electron chi connectivity index (χ4n) is 3.01. The molecular formula is C13H22N2O. The zero-order chi connectivity index (χ0) is 11.6. The second-order valence-corrected chi connectivity index (χ2v) is 4.81. The Morgan fingerprint density at radius 3 is 3.00 bits per heavy atom. The van der Waals surface area contributed by atoms with Crippen LogP contribution in [-0.2, 0) is 12.1 Å². The number of aromatic nitrogens is 2. The standard InChI is InChI=1S/C13H22N2O/c1-3-11-7-5-6-8-13(11,16)12-14-9-10-15(12)4-2/h9-11,16H,3-8H2,1-2H3. The molecule has 1 aromatic heterocycles. The molecule has 1 heterocycles. The lowest BCUT2D eigenvalue weighted by atomic mass is 9.73. The van der Waals surface area contributed by atoms with Crippen LogP contribution in [0.3, 0.4) is 0 Å². The maximum Gasteiger partial charge on any atom is 0.141 e. The van der Waals surface area contributed by atoms with Gasteiger partial charge in [0, 0.05) is 18.9 Å². The molecule has 2 unspecified atom stereocenters. The Bertz CT molecular complexity index is 347. The van der Waals surface area contributed by atoms with E-state index >= 15 is 0 Å². The molecule has 0 bridgehead atoms. The monoisotopic (exact) mass is 222 g/mol. The highest BCUT2D eigenvalue weighted by molar-refractivity contribution is 5.08. The molecule has 1 fully saturated rings. The summed E-state index contributed by atoms with van der Waals surface area (Å²) in [4.78, 5) is 4.39. The van der Waals surface area contributed by atoms with Gasteiger partial charge in [0.15, 0.2) is 0 Å². The third-order valence-corrected chi connectivity index (χ3v) is 3.97. The summed E-state index contributed by atoms with van der Waals surface area (Å²) < 4.78 is 2.08. The first kappa shape index (κ1) is 11.6. The van der Waals surface area contributed by atoms with Crippen molar-refractivity contribution >= 4 is 0 Å². The molecule has 0 radical (unpaired) electrons. The number of hydrogen-bond donors (Lipinski definition) is 1. The molecule has 90 valence electrons. The molecule has 2 atom stereocenters. The van der Waals surface area contributed by atoms with Gasteiger partial charge in [-0.15, -0.1) is 0 Å². The van der Waals surface area contributed by atoms with Crippen molar-refractivity contribution in [1.29, 1.82) is 0 Å². The van der Waals surface area contributed by atoms with Gasteiger partial charge in [-0.25, -0.2) is 4.98 Å². The van der Waals surface area contributed by atoms with Crippen LogP contribution in [0.25, 0.3) is 0 Å². The lowest BCUT2D eigenvalue weighted by Crippen LogP contribution is -2.40. The van der Waals surface area contributed by atoms with E-state index in [2.05, 4.69) is 23.4 Å². The Morgan fingerprint density at radius 1 is 1.50 bits per heavy atom. The predicted molar refractivity (Wildman–Crippen MR) is 64.0 cm³/mol. The van der Waals surface area contributed by atoms with Crippen molar-refractivity contribution in [2.45, 2.75) is 58.1 Å². The maximum absolute atomic E-state index is 10.9. The van der Waals surface area contributed by atoms with Crippen molar-refractivity contribution < 1.29 is 5.11 Å². The van der Waals surface area contributed by atoms with Gasteiger partial charge in [-0.3, -0.25) is 0 Å². The Hall–Kier alpha value is -0.830. The second-order valence-electron chi connectivity index (χ2n) is 4.81. The summed E-state index contributed by atoms with van der Waals surface area (Å²) in [5, 5.41) is 10.9. The minimum absolute atomic E-state index is 0.369. The highest BCUT2D eigenvalue weighted by Gasteiger charge is 2.42. The van der Waals surface area contributed by atoms with Crippen LogP contribution < -0.4 is 0 Å². The average molecular weight is 222 g/mol. The van der Waals surface area contributed by atoms with Crippen LogP contribution in [0.15, 0.2) is 12.4 Å². The average Bonchev–Trinajstić information content (AvgIpc) is 2.78. The van der Waals surface area contributed by atoms with E-state index in [4.69, 9.17) is 0 Å². The van der Waals surface area contributed by atoms with Crippen LogP contribution in [-0.4, -0.2) is 14.7 Å². The fraction of sp³-hybridized carbons (Fsp3) is 0.769. The summed E-state index contributed by atoms with van der Waals surface area (Å²) in [5.41, 5.74) is -0.688. The predicted octanol–water partition coefficient (Wildman–Crippen LogP) is 2.69. The molecule has 3 heteroatoms. The van der Waals surface area contributed by atoms with E-state index in [1.54, 1.807) is 6.20 Å². The van der Waals surface area contributed by atoms with Crippen LogP contribution in [0.5, 0.6) is 0 Å². The number of hydrogen-bond acceptors (Lipinski definition) is 2. The van der Waals surface area contributed by atoms with E-state index in [9.17, 15) is 5.11 Å². The molecular weight excluding hydrogens is 200 g/mol. The van der Waals surface area contributed by atoms with E-state index < -0.39 is 5.60 Å². The van der Waals surface area contributed by atoms with E-state index in [1.807, 2.05) is 6.20 Å². The fourth-order valence-corrected chi connectivity index (χ4v) is 3.01. The Labute approximate surface area is 97.5 Å². The number of nitrogens with zero attached hydrogens (tertiary/aromatic N) is 2. The molecule has 0 spiro atoms. The van der Waals surface area contributed by atoms with Gasteiger partial charge in [-0.05, 0) is 25.7 Å². The second kappa shape index (κ2) is 4.58. The first-order valence-electron chi connectivity index (χ1n) is 6.46. The highest BCUT2D eigenvalue weighted by Crippen LogP contribution is 2.42. The molecule has 3 nitrogen and oxygen atoms in total. The van der Waals surface area contributed by atoms with Crippen LogP contribution >= 0.6 is 0 Å². The summed E-state index contributed by atoms with van der Waals surface area (Å²) in [5.74, 6) is 1.25. The maximum atomic E-state index is 10.9. The number of aryl methyl sites for hydroxylation is 1. The molecule has 0 saturated heterocycles. The van der Waals surface area contributed by atoms with Gasteiger partial charge in [0.05, 0.1) is 0 Å². The lowest BCUT2D eigenvalue weighted by molar-refractivity contribution is -0.0654.